The number of benzene rings is 1. The van der Waals surface area contributed by atoms with Gasteiger partial charge < -0.3 is 4.74 Å². The first-order chi connectivity index (χ1) is 9.71. The number of hydrogen-bond donors (Lipinski definition) is 0. The van der Waals surface area contributed by atoms with Gasteiger partial charge in [0.05, 0.1) is 17.9 Å². The topological polar surface area (TPSA) is 55.8 Å². The van der Waals surface area contributed by atoms with E-state index >= 15 is 0 Å². The molecular weight excluding hydrogens is 258 g/mol. The summed E-state index contributed by atoms with van der Waals surface area (Å²) in [6, 6.07) is 5.25. The molecule has 1 unspecified atom stereocenters. The first-order valence-corrected chi connectivity index (χ1v) is 6.93. The Morgan fingerprint density at radius 3 is 2.85 bits per heavy atom. The number of nitrogens with zero attached hydrogens (tertiary/aromatic N) is 1. The second kappa shape index (κ2) is 6.52. The van der Waals surface area contributed by atoms with E-state index in [1.54, 1.807) is 19.1 Å². The Kier molecular flexibility index (Phi) is 4.74. The number of carbonyl (C=O) groups is 2. The number of unbranched alkanes of at least 4 members (excludes halogenated alkanes) is 1. The third-order valence-electron chi connectivity index (χ3n) is 3.29. The van der Waals surface area contributed by atoms with Crippen LogP contribution in [-0.4, -0.2) is 19.0 Å². The minimum absolute atomic E-state index is 0.164. The van der Waals surface area contributed by atoms with Gasteiger partial charge in [0.25, 0.3) is 0 Å². The summed E-state index contributed by atoms with van der Waals surface area (Å²) in [6.07, 6.45) is 3.32. The summed E-state index contributed by atoms with van der Waals surface area (Å²) in [4.78, 5) is 28.0. The molecule has 1 aliphatic heterocycles. The van der Waals surface area contributed by atoms with Gasteiger partial charge in [0, 0.05) is 5.56 Å². The predicted molar refractivity (Wildman–Crippen MR) is 74.3 cm³/mol. The molecule has 2 rings (SSSR count). The van der Waals surface area contributed by atoms with E-state index in [1.165, 1.54) is 0 Å². The molecule has 1 aromatic rings. The highest BCUT2D eigenvalue weighted by Crippen LogP contribution is 2.36. The lowest BCUT2D eigenvalue weighted by Crippen LogP contribution is -2.21. The van der Waals surface area contributed by atoms with Crippen molar-refractivity contribution < 1.29 is 19.2 Å². The molecule has 0 saturated carbocycles. The van der Waals surface area contributed by atoms with Gasteiger partial charge in [0.1, 0.15) is 6.10 Å². The number of ether oxygens (including phenoxy) is 1. The smallest absolute Gasteiger partial charge is 0.339 e. The molecular formula is C15H19NO4. The number of esters is 1. The molecule has 1 aromatic carbocycles. The molecule has 0 fully saturated rings. The number of cyclic esters (lactones) is 1. The molecule has 0 spiro atoms. The Hall–Kier alpha value is -1.88. The summed E-state index contributed by atoms with van der Waals surface area (Å²) < 4.78 is 5.38. The van der Waals surface area contributed by atoms with Crippen molar-refractivity contribution >= 4 is 18.1 Å². The molecule has 5 heteroatoms. The second-order valence-corrected chi connectivity index (χ2v) is 4.66. The fraction of sp³-hybridized carbons (Fsp3) is 0.467. The van der Waals surface area contributed by atoms with Crippen molar-refractivity contribution in [2.45, 2.75) is 39.2 Å². The van der Waals surface area contributed by atoms with Crippen LogP contribution >= 0.6 is 0 Å². The summed E-state index contributed by atoms with van der Waals surface area (Å²) in [5.74, 6) is -0.328. The van der Waals surface area contributed by atoms with Crippen LogP contribution in [0.25, 0.3) is 0 Å². The summed E-state index contributed by atoms with van der Waals surface area (Å²) in [6.45, 7) is 4.27. The number of carbonyl (C=O) groups excluding carboxylic acids is 2. The van der Waals surface area contributed by atoms with Crippen LogP contribution in [-0.2, 0) is 14.4 Å². The van der Waals surface area contributed by atoms with Crippen LogP contribution in [0.3, 0.4) is 0 Å². The molecule has 0 aromatic heterocycles. The Balaban J connectivity index is 2.25. The molecule has 0 radical (unpaired) electrons. The van der Waals surface area contributed by atoms with Gasteiger partial charge in [0.2, 0.25) is 6.41 Å². The van der Waals surface area contributed by atoms with E-state index in [0.29, 0.717) is 24.3 Å². The molecule has 0 aliphatic carbocycles. The Bertz CT molecular complexity index is 501. The zero-order valence-electron chi connectivity index (χ0n) is 11.8. The van der Waals surface area contributed by atoms with E-state index in [1.807, 2.05) is 6.07 Å². The maximum absolute atomic E-state index is 11.9. The summed E-state index contributed by atoms with van der Waals surface area (Å²) in [5, 5.41) is 1.12. The van der Waals surface area contributed by atoms with Crippen molar-refractivity contribution in [2.24, 2.45) is 0 Å². The normalized spacial score (nSPS) is 16.7. The predicted octanol–water partition coefficient (Wildman–Crippen LogP) is 3.00. The van der Waals surface area contributed by atoms with Crippen LogP contribution in [0.4, 0.5) is 5.69 Å². The monoisotopic (exact) mass is 277 g/mol. The van der Waals surface area contributed by atoms with Gasteiger partial charge in [-0.2, -0.15) is 5.06 Å². The number of rotatable bonds is 7. The lowest BCUT2D eigenvalue weighted by molar-refractivity contribution is -0.113. The largest absolute Gasteiger partial charge is 0.454 e. The van der Waals surface area contributed by atoms with Crippen LogP contribution in [0, 0.1) is 0 Å². The van der Waals surface area contributed by atoms with Crippen LogP contribution in [0.1, 0.15) is 55.1 Å². The number of anilines is 1. The zero-order valence-corrected chi connectivity index (χ0v) is 11.8. The van der Waals surface area contributed by atoms with Crippen LogP contribution in [0.2, 0.25) is 0 Å². The van der Waals surface area contributed by atoms with Crippen molar-refractivity contribution in [1.29, 1.82) is 0 Å². The van der Waals surface area contributed by atoms with Gasteiger partial charge in [-0.15, -0.1) is 0 Å². The highest BCUT2D eigenvalue weighted by atomic mass is 16.7. The Morgan fingerprint density at radius 1 is 1.40 bits per heavy atom. The third kappa shape index (κ3) is 2.82. The number of fused-ring (bicyclic) bond motifs is 1. The lowest BCUT2D eigenvalue weighted by atomic mass is 10.0. The summed E-state index contributed by atoms with van der Waals surface area (Å²) in [7, 11) is 0. The van der Waals surface area contributed by atoms with Crippen molar-refractivity contribution in [2.75, 3.05) is 11.7 Å². The van der Waals surface area contributed by atoms with Crippen LogP contribution in [0.15, 0.2) is 18.2 Å². The van der Waals surface area contributed by atoms with E-state index in [-0.39, 0.29) is 12.1 Å². The first kappa shape index (κ1) is 14.5. The van der Waals surface area contributed by atoms with Crippen LogP contribution < -0.4 is 5.06 Å². The van der Waals surface area contributed by atoms with Gasteiger partial charge in [-0.25, -0.2) is 4.79 Å². The molecule has 0 saturated heterocycles. The van der Waals surface area contributed by atoms with Crippen LogP contribution in [0.5, 0.6) is 0 Å². The van der Waals surface area contributed by atoms with Crippen molar-refractivity contribution in [3.05, 3.63) is 29.3 Å². The van der Waals surface area contributed by atoms with Crippen molar-refractivity contribution in [3.63, 3.8) is 0 Å². The molecule has 5 nitrogen and oxygen atoms in total. The number of amides is 1. The third-order valence-corrected chi connectivity index (χ3v) is 3.29. The minimum Gasteiger partial charge on any atom is -0.454 e. The van der Waals surface area contributed by atoms with E-state index in [9.17, 15) is 9.59 Å². The standard InChI is InChI=1S/C15H19NO4/c1-3-5-6-14-12-8-7-11(16(10-17)19-4-2)9-13(12)15(18)20-14/h7-10,14H,3-6H2,1-2H3. The zero-order chi connectivity index (χ0) is 14.5. The van der Waals surface area contributed by atoms with E-state index in [0.717, 1.165) is 29.9 Å². The van der Waals surface area contributed by atoms with Gasteiger partial charge in [-0.3, -0.25) is 9.63 Å². The lowest BCUT2D eigenvalue weighted by Gasteiger charge is -2.16. The maximum atomic E-state index is 11.9. The quantitative estimate of drug-likeness (QED) is 0.437. The van der Waals surface area contributed by atoms with Gasteiger partial charge in [-0.1, -0.05) is 19.4 Å². The molecule has 1 heterocycles. The van der Waals surface area contributed by atoms with E-state index in [4.69, 9.17) is 9.57 Å². The Morgan fingerprint density at radius 2 is 2.20 bits per heavy atom. The van der Waals surface area contributed by atoms with Gasteiger partial charge in [0.15, 0.2) is 0 Å². The minimum atomic E-state index is -0.328. The molecule has 1 aliphatic rings. The highest BCUT2D eigenvalue weighted by molar-refractivity contribution is 5.95. The fourth-order valence-corrected chi connectivity index (χ4v) is 2.30. The SMILES string of the molecule is CCCCC1OC(=O)c2cc(N(C=O)OCC)ccc21. The number of hydroxylamine groups is 1. The Labute approximate surface area is 118 Å². The molecule has 108 valence electrons. The molecule has 0 bridgehead atoms. The summed E-state index contributed by atoms with van der Waals surface area (Å²) >= 11 is 0. The maximum Gasteiger partial charge on any atom is 0.339 e. The van der Waals surface area contributed by atoms with E-state index < -0.39 is 0 Å². The summed E-state index contributed by atoms with van der Waals surface area (Å²) in [5.41, 5.74) is 1.96. The highest BCUT2D eigenvalue weighted by Gasteiger charge is 2.31. The van der Waals surface area contributed by atoms with Crippen molar-refractivity contribution in [1.82, 2.24) is 0 Å². The average Bonchev–Trinajstić information content (AvgIpc) is 2.78. The molecule has 20 heavy (non-hydrogen) atoms. The van der Waals surface area contributed by atoms with Gasteiger partial charge in [-0.05, 0) is 31.9 Å². The molecule has 1 atom stereocenters. The molecule has 0 N–H and O–H groups in total. The van der Waals surface area contributed by atoms with E-state index in [2.05, 4.69) is 6.92 Å². The molecule has 1 amide bonds. The van der Waals surface area contributed by atoms with Gasteiger partial charge >= 0.3 is 5.97 Å². The second-order valence-electron chi connectivity index (χ2n) is 4.66. The number of hydrogen-bond acceptors (Lipinski definition) is 4. The fourth-order valence-electron chi connectivity index (χ4n) is 2.30. The first-order valence-electron chi connectivity index (χ1n) is 6.93. The van der Waals surface area contributed by atoms with Crippen molar-refractivity contribution in [3.8, 4) is 0 Å². The average molecular weight is 277 g/mol.